The highest BCUT2D eigenvalue weighted by Crippen LogP contribution is 2.35. The highest BCUT2D eigenvalue weighted by Gasteiger charge is 2.23. The van der Waals surface area contributed by atoms with Gasteiger partial charge in [0.2, 0.25) is 0 Å². The summed E-state index contributed by atoms with van der Waals surface area (Å²) in [6.07, 6.45) is 5.99. The van der Waals surface area contributed by atoms with Crippen molar-refractivity contribution in [3.63, 3.8) is 0 Å². The summed E-state index contributed by atoms with van der Waals surface area (Å²) < 4.78 is 1.38. The average Bonchev–Trinajstić information content (AvgIpc) is 2.34. The zero-order valence-corrected chi connectivity index (χ0v) is 9.80. The van der Waals surface area contributed by atoms with E-state index in [1.54, 1.807) is 0 Å². The van der Waals surface area contributed by atoms with Gasteiger partial charge in [0.05, 0.1) is 0 Å². The van der Waals surface area contributed by atoms with E-state index in [1.807, 2.05) is 0 Å². The lowest BCUT2D eigenvalue weighted by Gasteiger charge is -2.11. The van der Waals surface area contributed by atoms with E-state index in [9.17, 15) is 0 Å². The first-order valence-electron chi connectivity index (χ1n) is 4.78. The summed E-state index contributed by atoms with van der Waals surface area (Å²) in [7, 11) is 0. The molecule has 1 aliphatic carbocycles. The predicted octanol–water partition coefficient (Wildman–Crippen LogP) is 3.88. The van der Waals surface area contributed by atoms with E-state index in [4.69, 9.17) is 0 Å². The van der Waals surface area contributed by atoms with Crippen LogP contribution in [0, 0.1) is 17.8 Å². The fourth-order valence-electron chi connectivity index (χ4n) is 2.20. The first kappa shape index (κ1) is 9.82. The molecule has 0 spiro atoms. The minimum absolute atomic E-state index is 0.910. The van der Waals surface area contributed by atoms with Crippen LogP contribution in [0.15, 0.2) is 0 Å². The normalized spacial score (nSPS) is 31.6. The van der Waals surface area contributed by atoms with Crippen LogP contribution in [0.2, 0.25) is 0 Å². The minimum Gasteiger partial charge on any atom is -0.0861 e. The van der Waals surface area contributed by atoms with Crippen molar-refractivity contribution in [2.24, 2.45) is 17.8 Å². The summed E-state index contributed by atoms with van der Waals surface area (Å²) in [5.41, 5.74) is 0. The Hall–Kier alpha value is 0.730. The minimum atomic E-state index is 0.910. The standard InChI is InChI=1S/C10H19I/c1-8(2)5-9-3-4-10(6-9)7-11/h8-10H,3-7H2,1-2H3. The van der Waals surface area contributed by atoms with Crippen LogP contribution in [0.4, 0.5) is 0 Å². The van der Waals surface area contributed by atoms with Crippen molar-refractivity contribution in [1.82, 2.24) is 0 Å². The van der Waals surface area contributed by atoms with Gasteiger partial charge in [0, 0.05) is 4.43 Å². The van der Waals surface area contributed by atoms with Gasteiger partial charge in [0.15, 0.2) is 0 Å². The zero-order valence-electron chi connectivity index (χ0n) is 7.65. The van der Waals surface area contributed by atoms with Crippen LogP contribution in [0.5, 0.6) is 0 Å². The van der Waals surface area contributed by atoms with Crippen molar-refractivity contribution in [2.75, 3.05) is 4.43 Å². The van der Waals surface area contributed by atoms with Crippen molar-refractivity contribution >= 4 is 22.6 Å². The van der Waals surface area contributed by atoms with E-state index in [1.165, 1.54) is 30.1 Å². The van der Waals surface area contributed by atoms with Gasteiger partial charge < -0.3 is 0 Å². The molecule has 2 unspecified atom stereocenters. The molecular formula is C10H19I. The summed E-state index contributed by atoms with van der Waals surface area (Å²) in [6.45, 7) is 4.69. The maximum atomic E-state index is 2.53. The Labute approximate surface area is 84.3 Å². The molecule has 0 aromatic carbocycles. The van der Waals surface area contributed by atoms with Gasteiger partial charge in [0.25, 0.3) is 0 Å². The molecule has 1 saturated carbocycles. The van der Waals surface area contributed by atoms with E-state index < -0.39 is 0 Å². The number of hydrogen-bond donors (Lipinski definition) is 0. The Morgan fingerprint density at radius 3 is 2.36 bits per heavy atom. The van der Waals surface area contributed by atoms with Crippen molar-refractivity contribution in [3.8, 4) is 0 Å². The molecule has 0 saturated heterocycles. The SMILES string of the molecule is CC(C)CC1CCC(CI)C1. The molecule has 1 aliphatic rings. The fraction of sp³-hybridized carbons (Fsp3) is 1.00. The van der Waals surface area contributed by atoms with Crippen LogP contribution in [0.3, 0.4) is 0 Å². The molecule has 0 radical (unpaired) electrons. The maximum absolute atomic E-state index is 2.53. The highest BCUT2D eigenvalue weighted by atomic mass is 127. The van der Waals surface area contributed by atoms with Crippen molar-refractivity contribution < 1.29 is 0 Å². The van der Waals surface area contributed by atoms with Gasteiger partial charge in [-0.05, 0) is 37.0 Å². The van der Waals surface area contributed by atoms with Gasteiger partial charge in [0.1, 0.15) is 0 Å². The molecule has 0 aromatic heterocycles. The quantitative estimate of drug-likeness (QED) is 0.537. The third kappa shape index (κ3) is 3.30. The monoisotopic (exact) mass is 266 g/mol. The smallest absolute Gasteiger partial charge is 0.00238 e. The average molecular weight is 266 g/mol. The van der Waals surface area contributed by atoms with Gasteiger partial charge in [-0.2, -0.15) is 0 Å². The van der Waals surface area contributed by atoms with Crippen molar-refractivity contribution in [1.29, 1.82) is 0 Å². The summed E-state index contributed by atoms with van der Waals surface area (Å²) in [4.78, 5) is 0. The van der Waals surface area contributed by atoms with E-state index in [0.29, 0.717) is 0 Å². The van der Waals surface area contributed by atoms with Gasteiger partial charge in [-0.25, -0.2) is 0 Å². The Morgan fingerprint density at radius 2 is 1.91 bits per heavy atom. The second kappa shape index (κ2) is 4.68. The first-order chi connectivity index (χ1) is 5.22. The molecule has 1 rings (SSSR count). The van der Waals surface area contributed by atoms with E-state index in [2.05, 4.69) is 36.4 Å². The lowest BCUT2D eigenvalue weighted by molar-refractivity contribution is 0.409. The molecule has 2 atom stereocenters. The molecule has 11 heavy (non-hydrogen) atoms. The van der Waals surface area contributed by atoms with Gasteiger partial charge in [-0.15, -0.1) is 0 Å². The molecule has 1 heteroatoms. The highest BCUT2D eigenvalue weighted by molar-refractivity contribution is 14.1. The first-order valence-corrected chi connectivity index (χ1v) is 6.31. The summed E-state index contributed by atoms with van der Waals surface area (Å²) in [6, 6.07) is 0. The number of alkyl halides is 1. The molecule has 0 nitrogen and oxygen atoms in total. The number of halogens is 1. The lowest BCUT2D eigenvalue weighted by Crippen LogP contribution is -2.01. The van der Waals surface area contributed by atoms with Crippen LogP contribution in [0.25, 0.3) is 0 Å². The number of hydrogen-bond acceptors (Lipinski definition) is 0. The Balaban J connectivity index is 2.19. The molecule has 0 N–H and O–H groups in total. The largest absolute Gasteiger partial charge is 0.0861 e. The second-order valence-corrected chi connectivity index (χ2v) is 5.21. The van der Waals surface area contributed by atoms with Crippen LogP contribution in [-0.2, 0) is 0 Å². The fourth-order valence-corrected chi connectivity index (χ4v) is 3.00. The predicted molar refractivity (Wildman–Crippen MR) is 59.2 cm³/mol. The molecule has 0 heterocycles. The Bertz CT molecular complexity index is 109. The molecule has 0 aromatic rings. The van der Waals surface area contributed by atoms with Gasteiger partial charge >= 0.3 is 0 Å². The van der Waals surface area contributed by atoms with Crippen molar-refractivity contribution in [3.05, 3.63) is 0 Å². The van der Waals surface area contributed by atoms with Crippen LogP contribution in [0.1, 0.15) is 39.5 Å². The second-order valence-electron chi connectivity index (χ2n) is 4.33. The summed E-state index contributed by atoms with van der Waals surface area (Å²) >= 11 is 2.53. The van der Waals surface area contributed by atoms with Crippen LogP contribution >= 0.6 is 22.6 Å². The summed E-state index contributed by atoms with van der Waals surface area (Å²) in [5.74, 6) is 3.03. The molecule has 0 aliphatic heterocycles. The molecule has 66 valence electrons. The van der Waals surface area contributed by atoms with Gasteiger partial charge in [-0.1, -0.05) is 42.9 Å². The van der Waals surface area contributed by atoms with E-state index in [0.717, 1.165) is 17.8 Å². The summed E-state index contributed by atoms with van der Waals surface area (Å²) in [5, 5.41) is 0. The van der Waals surface area contributed by atoms with E-state index >= 15 is 0 Å². The maximum Gasteiger partial charge on any atom is 0.00238 e. The lowest BCUT2D eigenvalue weighted by atomic mass is 9.95. The number of rotatable bonds is 3. The van der Waals surface area contributed by atoms with Crippen LogP contribution in [-0.4, -0.2) is 4.43 Å². The molecule has 0 bridgehead atoms. The topological polar surface area (TPSA) is 0 Å². The Morgan fingerprint density at radius 1 is 1.27 bits per heavy atom. The van der Waals surface area contributed by atoms with E-state index in [-0.39, 0.29) is 0 Å². The molecule has 1 fully saturated rings. The third-order valence-corrected chi connectivity index (χ3v) is 3.92. The molecule has 0 amide bonds. The Kier molecular flexibility index (Phi) is 4.18. The van der Waals surface area contributed by atoms with Gasteiger partial charge in [-0.3, -0.25) is 0 Å². The zero-order chi connectivity index (χ0) is 8.27. The van der Waals surface area contributed by atoms with Crippen molar-refractivity contribution in [2.45, 2.75) is 39.5 Å². The molecular weight excluding hydrogens is 247 g/mol. The third-order valence-electron chi connectivity index (χ3n) is 2.67. The van der Waals surface area contributed by atoms with Crippen LogP contribution < -0.4 is 0 Å².